The van der Waals surface area contributed by atoms with Crippen LogP contribution in [0.25, 0.3) is 0 Å². The lowest BCUT2D eigenvalue weighted by Gasteiger charge is -2.28. The van der Waals surface area contributed by atoms with E-state index in [0.717, 1.165) is 60.9 Å². The summed E-state index contributed by atoms with van der Waals surface area (Å²) >= 11 is 0. The third-order valence-corrected chi connectivity index (χ3v) is 8.97. The molecule has 1 fully saturated rings. The smallest absolute Gasteiger partial charge is 0.407 e. The van der Waals surface area contributed by atoms with Crippen LogP contribution in [-0.4, -0.2) is 103 Å². The summed E-state index contributed by atoms with van der Waals surface area (Å²) in [6, 6.07) is 23.4. The fourth-order valence-electron chi connectivity index (χ4n) is 6.36. The highest BCUT2D eigenvalue weighted by Gasteiger charge is 2.35. The van der Waals surface area contributed by atoms with Crippen molar-refractivity contribution in [2.45, 2.75) is 50.0 Å². The number of rotatable bonds is 16. The van der Waals surface area contributed by atoms with E-state index in [2.05, 4.69) is 15.5 Å². The number of nitrogens with one attached hydrogen (secondary N) is 2. The fraction of sp³-hybridized carbons (Fsp3) is 0.459. The molecule has 1 aliphatic heterocycles. The maximum absolute atomic E-state index is 14.0. The summed E-state index contributed by atoms with van der Waals surface area (Å²) in [6.45, 7) is 4.13. The Morgan fingerprint density at radius 3 is 2.38 bits per heavy atom. The van der Waals surface area contributed by atoms with Crippen LogP contribution in [0.4, 0.5) is 4.79 Å². The molecule has 5 atom stereocenters. The van der Waals surface area contributed by atoms with Gasteiger partial charge in [-0.05, 0) is 53.6 Å². The van der Waals surface area contributed by atoms with E-state index in [1.54, 1.807) is 0 Å². The summed E-state index contributed by atoms with van der Waals surface area (Å²) in [7, 11) is 0. The second-order valence-corrected chi connectivity index (χ2v) is 12.4. The van der Waals surface area contributed by atoms with Crippen LogP contribution in [0.15, 0.2) is 78.9 Å². The first kappa shape index (κ1) is 35.3. The van der Waals surface area contributed by atoms with Crippen LogP contribution in [0.3, 0.4) is 0 Å². The van der Waals surface area contributed by atoms with Crippen molar-refractivity contribution in [1.29, 1.82) is 0 Å². The first-order valence-electron chi connectivity index (χ1n) is 16.7. The number of morpholine rings is 1. The van der Waals surface area contributed by atoms with Crippen molar-refractivity contribution >= 4 is 12.0 Å². The third-order valence-electron chi connectivity index (χ3n) is 8.97. The number of carbonyl (C=O) groups excluding carboxylic acids is 2. The highest BCUT2D eigenvalue weighted by Crippen LogP contribution is 2.32. The lowest BCUT2D eigenvalue weighted by atomic mass is 9.88. The molecule has 2 aliphatic rings. The number of benzene rings is 3. The maximum Gasteiger partial charge on any atom is 0.407 e. The van der Waals surface area contributed by atoms with Crippen molar-refractivity contribution in [3.8, 4) is 5.75 Å². The van der Waals surface area contributed by atoms with Crippen LogP contribution in [-0.2, 0) is 33.5 Å². The van der Waals surface area contributed by atoms with E-state index in [1.807, 2.05) is 78.9 Å². The Balaban J connectivity index is 1.29. The molecule has 5 rings (SSSR count). The van der Waals surface area contributed by atoms with Crippen molar-refractivity contribution in [2.24, 2.45) is 5.92 Å². The van der Waals surface area contributed by atoms with Crippen molar-refractivity contribution in [1.82, 2.24) is 15.5 Å². The van der Waals surface area contributed by atoms with E-state index in [4.69, 9.17) is 19.3 Å². The van der Waals surface area contributed by atoms with Gasteiger partial charge in [-0.3, -0.25) is 9.69 Å². The van der Waals surface area contributed by atoms with Crippen molar-refractivity contribution in [3.63, 3.8) is 0 Å². The van der Waals surface area contributed by atoms with Gasteiger partial charge < -0.3 is 40.2 Å². The number of carbonyl (C=O) groups is 2. The number of alkyl carbamates (subject to hydrolysis) is 1. The number of hydrogen-bond acceptors (Lipinski definition) is 9. The Hall–Kier alpha value is -4.00. The van der Waals surface area contributed by atoms with E-state index < -0.39 is 36.3 Å². The Morgan fingerprint density at radius 2 is 1.62 bits per heavy atom. The van der Waals surface area contributed by atoms with Crippen LogP contribution in [0.5, 0.6) is 5.75 Å². The Morgan fingerprint density at radius 1 is 0.917 bits per heavy atom. The van der Waals surface area contributed by atoms with Crippen LogP contribution >= 0.6 is 0 Å². The minimum absolute atomic E-state index is 0.0336. The van der Waals surface area contributed by atoms with Crippen LogP contribution in [0.2, 0.25) is 0 Å². The van der Waals surface area contributed by atoms with E-state index in [9.17, 15) is 19.8 Å². The normalized spacial score (nSPS) is 19.5. The highest BCUT2D eigenvalue weighted by atomic mass is 16.6. The summed E-state index contributed by atoms with van der Waals surface area (Å²) in [5.74, 6) is -0.268. The molecule has 2 amide bonds. The predicted octanol–water partition coefficient (Wildman–Crippen LogP) is 2.41. The first-order valence-corrected chi connectivity index (χ1v) is 16.7. The molecular formula is C37H47N3O8. The van der Waals surface area contributed by atoms with Crippen molar-refractivity contribution < 1.29 is 39.1 Å². The second kappa shape index (κ2) is 18.0. The zero-order chi connectivity index (χ0) is 33.7. The monoisotopic (exact) mass is 661 g/mol. The summed E-state index contributed by atoms with van der Waals surface area (Å²) in [5.41, 5.74) is 3.64. The molecule has 1 saturated heterocycles. The molecule has 1 heterocycles. The quantitative estimate of drug-likeness (QED) is 0.156. The molecule has 0 saturated carbocycles. The molecule has 0 bridgehead atoms. The Labute approximate surface area is 281 Å². The van der Waals surface area contributed by atoms with E-state index in [1.165, 1.54) is 0 Å². The summed E-state index contributed by atoms with van der Waals surface area (Å²) in [6.07, 6.45) is -1.55. The zero-order valence-electron chi connectivity index (χ0n) is 27.2. The standard InChI is InChI=1S/C37H47N3O8/c41-17-21-48-37(45)38-32(23-26-6-2-1-3-7-26)33(42)25-29(36(44)39-35-31-9-5-4-8-28(31)24-34(35)43)22-27-10-12-30(13-11-27)47-20-16-40-14-18-46-19-15-40/h1-13,29,32-35,41-43H,14-25H2,(H,38,45)(H,39,44)/t29?,32?,33?,34-,35-/m0/s1. The molecule has 11 nitrogen and oxygen atoms in total. The minimum atomic E-state index is -1.12. The van der Waals surface area contributed by atoms with Gasteiger partial charge in [-0.2, -0.15) is 0 Å². The van der Waals surface area contributed by atoms with Crippen LogP contribution in [0, 0.1) is 5.92 Å². The van der Waals surface area contributed by atoms with Gasteiger partial charge >= 0.3 is 6.09 Å². The van der Waals surface area contributed by atoms with E-state index >= 15 is 0 Å². The number of amides is 2. The molecule has 3 aromatic carbocycles. The average molecular weight is 662 g/mol. The molecule has 11 heteroatoms. The molecule has 0 aromatic heterocycles. The first-order chi connectivity index (χ1) is 23.4. The lowest BCUT2D eigenvalue weighted by molar-refractivity contribution is -0.127. The van der Waals surface area contributed by atoms with Gasteiger partial charge in [0.25, 0.3) is 0 Å². The fourth-order valence-corrected chi connectivity index (χ4v) is 6.36. The summed E-state index contributed by atoms with van der Waals surface area (Å²) in [5, 5.41) is 37.3. The molecule has 3 unspecified atom stereocenters. The van der Waals surface area contributed by atoms with Crippen molar-refractivity contribution in [2.75, 3.05) is 52.7 Å². The largest absolute Gasteiger partial charge is 0.492 e. The summed E-state index contributed by atoms with van der Waals surface area (Å²) in [4.78, 5) is 28.8. The molecular weight excluding hydrogens is 614 g/mol. The molecule has 258 valence electrons. The van der Waals surface area contributed by atoms with Crippen LogP contribution in [0.1, 0.15) is 34.7 Å². The van der Waals surface area contributed by atoms with Gasteiger partial charge in [0.15, 0.2) is 0 Å². The predicted molar refractivity (Wildman–Crippen MR) is 180 cm³/mol. The minimum Gasteiger partial charge on any atom is -0.492 e. The van der Waals surface area contributed by atoms with Gasteiger partial charge in [0, 0.05) is 32.0 Å². The third kappa shape index (κ3) is 10.2. The number of aliphatic hydroxyl groups excluding tert-OH is 3. The topological polar surface area (TPSA) is 150 Å². The average Bonchev–Trinajstić information content (AvgIpc) is 3.42. The van der Waals surface area contributed by atoms with E-state index in [-0.39, 0.29) is 25.5 Å². The van der Waals surface area contributed by atoms with Crippen LogP contribution < -0.4 is 15.4 Å². The number of nitrogens with zero attached hydrogens (tertiary/aromatic N) is 1. The van der Waals surface area contributed by atoms with Gasteiger partial charge in [-0.25, -0.2) is 4.79 Å². The number of hydrogen-bond donors (Lipinski definition) is 5. The van der Waals surface area contributed by atoms with E-state index in [0.29, 0.717) is 25.9 Å². The molecule has 1 aliphatic carbocycles. The number of aliphatic hydroxyl groups is 3. The van der Waals surface area contributed by atoms with Gasteiger partial charge in [-0.1, -0.05) is 66.7 Å². The second-order valence-electron chi connectivity index (χ2n) is 12.4. The lowest BCUT2D eigenvalue weighted by Crippen LogP contribution is -2.47. The Kier molecular flexibility index (Phi) is 13.2. The number of ether oxygens (including phenoxy) is 3. The number of fused-ring (bicyclic) bond motifs is 1. The SMILES string of the molecule is O=C(NC(Cc1ccccc1)C(O)CC(Cc1ccc(OCCN2CCOCC2)cc1)C(=O)N[C@H]1c2ccccc2C[C@@H]1O)OCCO. The molecule has 48 heavy (non-hydrogen) atoms. The highest BCUT2D eigenvalue weighted by molar-refractivity contribution is 5.80. The molecule has 5 N–H and O–H groups in total. The van der Waals surface area contributed by atoms with Gasteiger partial charge in [0.05, 0.1) is 44.1 Å². The molecule has 0 radical (unpaired) electrons. The van der Waals surface area contributed by atoms with Crippen molar-refractivity contribution in [3.05, 3.63) is 101 Å². The van der Waals surface area contributed by atoms with Gasteiger partial charge in [0.1, 0.15) is 19.0 Å². The molecule has 0 spiro atoms. The molecule has 3 aromatic rings. The summed E-state index contributed by atoms with van der Waals surface area (Å²) < 4.78 is 16.4. The van der Waals surface area contributed by atoms with Gasteiger partial charge in [-0.15, -0.1) is 0 Å². The zero-order valence-corrected chi connectivity index (χ0v) is 27.2. The van der Waals surface area contributed by atoms with Gasteiger partial charge in [0.2, 0.25) is 5.91 Å². The maximum atomic E-state index is 14.0. The Bertz CT molecular complexity index is 1430.